The van der Waals surface area contributed by atoms with Gasteiger partial charge in [-0.2, -0.15) is 0 Å². The lowest BCUT2D eigenvalue weighted by Gasteiger charge is -2.14. The Labute approximate surface area is 115 Å². The number of carbonyl (C=O) groups excluding carboxylic acids is 3. The molecule has 0 radical (unpaired) electrons. The minimum atomic E-state index is -0.633. The van der Waals surface area contributed by atoms with Crippen molar-refractivity contribution in [1.82, 2.24) is 5.06 Å². The third-order valence-electron chi connectivity index (χ3n) is 3.37. The van der Waals surface area contributed by atoms with E-state index in [1.807, 2.05) is 0 Å². The Balaban J connectivity index is 1.68. The molecule has 104 valence electrons. The standard InChI is InChI=1S/C14H13NO5/c16-12(8-9-4-3-7-19-9)20-15-13(17)10-5-1-2-6-11(10)14(15)18/h1-2,5-6,9H,3-4,7-8H2. The highest BCUT2D eigenvalue weighted by Gasteiger charge is 2.38. The molecule has 6 heteroatoms. The maximum Gasteiger partial charge on any atom is 0.335 e. The number of ether oxygens (including phenoxy) is 1. The molecule has 1 unspecified atom stereocenters. The summed E-state index contributed by atoms with van der Waals surface area (Å²) in [6, 6.07) is 6.37. The zero-order valence-electron chi connectivity index (χ0n) is 10.7. The van der Waals surface area contributed by atoms with Gasteiger partial charge in [0.05, 0.1) is 23.7 Å². The van der Waals surface area contributed by atoms with E-state index in [1.54, 1.807) is 12.1 Å². The molecule has 0 aromatic heterocycles. The Kier molecular flexibility index (Phi) is 3.23. The summed E-state index contributed by atoms with van der Waals surface area (Å²) in [7, 11) is 0. The fourth-order valence-electron chi connectivity index (χ4n) is 2.38. The van der Waals surface area contributed by atoms with Crippen LogP contribution in [0.2, 0.25) is 0 Å². The average molecular weight is 275 g/mol. The monoisotopic (exact) mass is 275 g/mol. The Morgan fingerprint density at radius 3 is 2.45 bits per heavy atom. The van der Waals surface area contributed by atoms with E-state index in [1.165, 1.54) is 12.1 Å². The van der Waals surface area contributed by atoms with E-state index in [2.05, 4.69) is 0 Å². The molecule has 0 spiro atoms. The Morgan fingerprint density at radius 1 is 1.25 bits per heavy atom. The SMILES string of the molecule is O=C(CC1CCCO1)ON1C(=O)c2ccccc2C1=O. The summed E-state index contributed by atoms with van der Waals surface area (Å²) in [5.74, 6) is -1.84. The second kappa shape index (κ2) is 5.05. The van der Waals surface area contributed by atoms with Crippen molar-refractivity contribution in [1.29, 1.82) is 0 Å². The van der Waals surface area contributed by atoms with E-state index >= 15 is 0 Å². The quantitative estimate of drug-likeness (QED) is 0.778. The Morgan fingerprint density at radius 2 is 1.90 bits per heavy atom. The second-order valence-electron chi connectivity index (χ2n) is 4.75. The summed E-state index contributed by atoms with van der Waals surface area (Å²) < 4.78 is 5.31. The highest BCUT2D eigenvalue weighted by Crippen LogP contribution is 2.23. The van der Waals surface area contributed by atoms with Crippen LogP contribution in [0, 0.1) is 0 Å². The number of benzene rings is 1. The van der Waals surface area contributed by atoms with Crippen molar-refractivity contribution >= 4 is 17.8 Å². The van der Waals surface area contributed by atoms with Crippen LogP contribution in [-0.2, 0) is 14.4 Å². The van der Waals surface area contributed by atoms with Crippen molar-refractivity contribution in [3.8, 4) is 0 Å². The van der Waals surface area contributed by atoms with Crippen molar-refractivity contribution in [3.05, 3.63) is 35.4 Å². The van der Waals surface area contributed by atoms with Gasteiger partial charge in [-0.3, -0.25) is 9.59 Å². The summed E-state index contributed by atoms with van der Waals surface area (Å²) in [5, 5.41) is 0.530. The summed E-state index contributed by atoms with van der Waals surface area (Å²) in [6.45, 7) is 0.630. The highest BCUT2D eigenvalue weighted by molar-refractivity contribution is 6.20. The lowest BCUT2D eigenvalue weighted by atomic mass is 10.1. The number of hydroxylamine groups is 2. The van der Waals surface area contributed by atoms with E-state index in [0.717, 1.165) is 12.8 Å². The van der Waals surface area contributed by atoms with Crippen LogP contribution in [0.5, 0.6) is 0 Å². The fraction of sp³-hybridized carbons (Fsp3) is 0.357. The van der Waals surface area contributed by atoms with Crippen LogP contribution in [0.3, 0.4) is 0 Å². The predicted molar refractivity (Wildman–Crippen MR) is 66.6 cm³/mol. The molecule has 3 rings (SSSR count). The molecule has 2 aliphatic rings. The number of rotatable bonds is 3. The van der Waals surface area contributed by atoms with Crippen molar-refractivity contribution in [2.45, 2.75) is 25.4 Å². The van der Waals surface area contributed by atoms with Gasteiger partial charge in [0.25, 0.3) is 11.8 Å². The molecule has 1 fully saturated rings. The molecule has 2 amide bonds. The molecule has 1 aromatic carbocycles. The van der Waals surface area contributed by atoms with Gasteiger partial charge in [-0.15, -0.1) is 0 Å². The second-order valence-corrected chi connectivity index (χ2v) is 4.75. The van der Waals surface area contributed by atoms with Crippen molar-refractivity contribution in [3.63, 3.8) is 0 Å². The van der Waals surface area contributed by atoms with Crippen LogP contribution in [0.15, 0.2) is 24.3 Å². The Hall–Kier alpha value is -2.21. The molecule has 2 aliphatic heterocycles. The van der Waals surface area contributed by atoms with Crippen LogP contribution in [0.25, 0.3) is 0 Å². The van der Waals surface area contributed by atoms with Gasteiger partial charge >= 0.3 is 5.97 Å². The number of nitrogens with zero attached hydrogens (tertiary/aromatic N) is 1. The summed E-state index contributed by atoms with van der Waals surface area (Å²) in [5.41, 5.74) is 0.504. The molecule has 20 heavy (non-hydrogen) atoms. The number of amides is 2. The van der Waals surface area contributed by atoms with Gasteiger partial charge in [0, 0.05) is 6.61 Å². The van der Waals surface area contributed by atoms with E-state index in [-0.39, 0.29) is 23.7 Å². The van der Waals surface area contributed by atoms with Gasteiger partial charge in [0.1, 0.15) is 0 Å². The number of fused-ring (bicyclic) bond motifs is 1. The summed E-state index contributed by atoms with van der Waals surface area (Å²) >= 11 is 0. The third kappa shape index (κ3) is 2.18. The lowest BCUT2D eigenvalue weighted by Crippen LogP contribution is -2.33. The number of carbonyl (C=O) groups is 3. The lowest BCUT2D eigenvalue weighted by molar-refractivity contribution is -0.170. The number of hydrogen-bond acceptors (Lipinski definition) is 5. The van der Waals surface area contributed by atoms with Crippen LogP contribution < -0.4 is 0 Å². The zero-order valence-corrected chi connectivity index (χ0v) is 10.7. The van der Waals surface area contributed by atoms with E-state index in [9.17, 15) is 14.4 Å². The van der Waals surface area contributed by atoms with E-state index in [4.69, 9.17) is 9.57 Å². The van der Waals surface area contributed by atoms with E-state index < -0.39 is 17.8 Å². The van der Waals surface area contributed by atoms with Crippen LogP contribution in [0.1, 0.15) is 40.0 Å². The first kappa shape index (κ1) is 12.8. The largest absolute Gasteiger partial charge is 0.378 e. The van der Waals surface area contributed by atoms with Gasteiger partial charge in [-0.1, -0.05) is 17.2 Å². The number of hydrogen-bond donors (Lipinski definition) is 0. The van der Waals surface area contributed by atoms with Crippen molar-refractivity contribution in [2.24, 2.45) is 0 Å². The maximum absolute atomic E-state index is 12.0. The average Bonchev–Trinajstić information content (AvgIpc) is 3.03. The summed E-state index contributed by atoms with van der Waals surface area (Å²) in [6.07, 6.45) is 1.56. The first-order valence-electron chi connectivity index (χ1n) is 6.47. The number of imide groups is 1. The van der Waals surface area contributed by atoms with E-state index in [0.29, 0.717) is 11.7 Å². The first-order chi connectivity index (χ1) is 9.66. The molecule has 0 saturated carbocycles. The first-order valence-corrected chi connectivity index (χ1v) is 6.47. The molecule has 6 nitrogen and oxygen atoms in total. The van der Waals surface area contributed by atoms with Gasteiger partial charge in [0.15, 0.2) is 0 Å². The third-order valence-corrected chi connectivity index (χ3v) is 3.37. The van der Waals surface area contributed by atoms with Gasteiger partial charge in [0.2, 0.25) is 0 Å². The van der Waals surface area contributed by atoms with Crippen LogP contribution in [-0.4, -0.2) is 35.6 Å². The Bertz CT molecular complexity index is 542. The molecular formula is C14H13NO5. The topological polar surface area (TPSA) is 72.9 Å². The van der Waals surface area contributed by atoms with Gasteiger partial charge in [-0.25, -0.2) is 4.79 Å². The van der Waals surface area contributed by atoms with Crippen LogP contribution in [0.4, 0.5) is 0 Å². The van der Waals surface area contributed by atoms with Crippen molar-refractivity contribution < 1.29 is 24.0 Å². The highest BCUT2D eigenvalue weighted by atomic mass is 16.7. The smallest absolute Gasteiger partial charge is 0.335 e. The molecule has 0 aliphatic carbocycles. The maximum atomic E-state index is 12.0. The van der Waals surface area contributed by atoms with Crippen LogP contribution >= 0.6 is 0 Å². The molecule has 2 heterocycles. The predicted octanol–water partition coefficient (Wildman–Crippen LogP) is 1.31. The molecule has 0 bridgehead atoms. The zero-order chi connectivity index (χ0) is 14.1. The minimum Gasteiger partial charge on any atom is -0.378 e. The summed E-state index contributed by atoms with van der Waals surface area (Å²) in [4.78, 5) is 40.6. The van der Waals surface area contributed by atoms with Gasteiger partial charge < -0.3 is 9.57 Å². The molecular weight excluding hydrogens is 262 g/mol. The molecule has 1 atom stereocenters. The molecule has 1 aromatic rings. The minimum absolute atomic E-state index is 0.0490. The van der Waals surface area contributed by atoms with Crippen molar-refractivity contribution in [2.75, 3.05) is 6.61 Å². The fourth-order valence-corrected chi connectivity index (χ4v) is 2.38. The normalized spacial score (nSPS) is 21.2. The molecule has 1 saturated heterocycles. The molecule has 0 N–H and O–H groups in total. The van der Waals surface area contributed by atoms with Gasteiger partial charge in [-0.05, 0) is 25.0 Å².